The molecule has 0 aromatic heterocycles. The number of carbonyl (C=O) groups is 1. The van der Waals surface area contributed by atoms with Gasteiger partial charge in [-0.25, -0.2) is 0 Å². The fraction of sp³-hybridized carbons (Fsp3) is 0.588. The van der Waals surface area contributed by atoms with Crippen molar-refractivity contribution in [3.8, 4) is 0 Å². The van der Waals surface area contributed by atoms with Crippen molar-refractivity contribution >= 4 is 11.6 Å². The molecule has 1 fully saturated rings. The monoisotopic (exact) mass is 290 g/mol. The third kappa shape index (κ3) is 5.38. The molecule has 0 atom stereocenters. The maximum atomic E-state index is 11.8. The lowest BCUT2D eigenvalue weighted by molar-refractivity contribution is 0.0951. The number of nitrogens with one attached hydrogen (secondary N) is 2. The number of hydrogen-bond donors (Lipinski definition) is 3. The normalized spacial score (nSPS) is 15.7. The summed E-state index contributed by atoms with van der Waals surface area (Å²) in [5, 5.41) is 14.9. The number of amides is 1. The third-order valence-electron chi connectivity index (χ3n) is 4.09. The summed E-state index contributed by atoms with van der Waals surface area (Å²) < 4.78 is 0. The molecule has 0 spiro atoms. The van der Waals surface area contributed by atoms with Gasteiger partial charge in [0.2, 0.25) is 0 Å². The lowest BCUT2D eigenvalue weighted by atomic mass is 9.89. The van der Waals surface area contributed by atoms with Crippen molar-refractivity contribution in [3.63, 3.8) is 0 Å². The molecule has 0 aliphatic heterocycles. The second kappa shape index (κ2) is 8.67. The highest BCUT2D eigenvalue weighted by atomic mass is 16.3. The van der Waals surface area contributed by atoms with Gasteiger partial charge in [0, 0.05) is 30.9 Å². The molecule has 4 heteroatoms. The Balaban J connectivity index is 1.76. The second-order valence-corrected chi connectivity index (χ2v) is 5.80. The van der Waals surface area contributed by atoms with Gasteiger partial charge < -0.3 is 15.7 Å². The first-order valence-corrected chi connectivity index (χ1v) is 8.02. The Morgan fingerprint density at radius 1 is 1.14 bits per heavy atom. The number of carbonyl (C=O) groups excluding carboxylic acids is 1. The smallest absolute Gasteiger partial charge is 0.251 e. The summed E-state index contributed by atoms with van der Waals surface area (Å²) in [5.74, 6) is 0.711. The first kappa shape index (κ1) is 15.8. The Morgan fingerprint density at radius 2 is 1.86 bits per heavy atom. The van der Waals surface area contributed by atoms with E-state index >= 15 is 0 Å². The van der Waals surface area contributed by atoms with Gasteiger partial charge in [-0.05, 0) is 49.4 Å². The van der Waals surface area contributed by atoms with Crippen LogP contribution in [-0.2, 0) is 0 Å². The predicted molar refractivity (Wildman–Crippen MR) is 85.5 cm³/mol. The topological polar surface area (TPSA) is 61.4 Å². The Labute approximate surface area is 126 Å². The van der Waals surface area contributed by atoms with Gasteiger partial charge in [0.05, 0.1) is 0 Å². The van der Waals surface area contributed by atoms with Gasteiger partial charge in [-0.3, -0.25) is 4.79 Å². The van der Waals surface area contributed by atoms with Crippen molar-refractivity contribution in [2.75, 3.05) is 25.0 Å². The number of anilines is 1. The molecular weight excluding hydrogens is 264 g/mol. The Hall–Kier alpha value is -1.55. The van der Waals surface area contributed by atoms with Crippen LogP contribution in [0.2, 0.25) is 0 Å². The summed E-state index contributed by atoms with van der Waals surface area (Å²) in [5.41, 5.74) is 1.74. The van der Waals surface area contributed by atoms with Crippen molar-refractivity contribution in [2.24, 2.45) is 5.92 Å². The van der Waals surface area contributed by atoms with Gasteiger partial charge in [0.25, 0.3) is 5.91 Å². The average Bonchev–Trinajstić information content (AvgIpc) is 2.54. The van der Waals surface area contributed by atoms with Crippen LogP contribution in [0, 0.1) is 5.92 Å². The van der Waals surface area contributed by atoms with Crippen LogP contribution in [0.1, 0.15) is 48.9 Å². The molecule has 1 aliphatic carbocycles. The van der Waals surface area contributed by atoms with Crippen molar-refractivity contribution in [1.82, 2.24) is 5.32 Å². The maximum absolute atomic E-state index is 11.8. The van der Waals surface area contributed by atoms with E-state index in [-0.39, 0.29) is 12.5 Å². The van der Waals surface area contributed by atoms with E-state index in [0.29, 0.717) is 18.5 Å². The standard InChI is InChI=1S/C17H26N2O2/c20-12-4-11-18-17(21)15-7-9-16(10-8-15)19-13-14-5-2-1-3-6-14/h7-10,14,19-20H,1-6,11-13H2,(H,18,21). The van der Waals surface area contributed by atoms with Crippen LogP contribution in [-0.4, -0.2) is 30.7 Å². The minimum Gasteiger partial charge on any atom is -0.396 e. The highest BCUT2D eigenvalue weighted by Gasteiger charge is 2.12. The molecule has 0 saturated heterocycles. The van der Waals surface area contributed by atoms with E-state index in [1.165, 1.54) is 32.1 Å². The Kier molecular flexibility index (Phi) is 6.54. The van der Waals surface area contributed by atoms with Crippen LogP contribution in [0.4, 0.5) is 5.69 Å². The summed E-state index contributed by atoms with van der Waals surface area (Å²) >= 11 is 0. The Morgan fingerprint density at radius 3 is 2.52 bits per heavy atom. The number of hydrogen-bond acceptors (Lipinski definition) is 3. The SMILES string of the molecule is O=C(NCCCO)c1ccc(NCC2CCCCC2)cc1. The second-order valence-electron chi connectivity index (χ2n) is 5.80. The van der Waals surface area contributed by atoms with Crippen LogP contribution >= 0.6 is 0 Å². The summed E-state index contributed by atoms with van der Waals surface area (Å²) in [4.78, 5) is 11.8. The summed E-state index contributed by atoms with van der Waals surface area (Å²) in [6.45, 7) is 1.64. The zero-order valence-corrected chi connectivity index (χ0v) is 12.6. The van der Waals surface area contributed by atoms with Crippen LogP contribution < -0.4 is 10.6 Å². The van der Waals surface area contributed by atoms with E-state index in [4.69, 9.17) is 5.11 Å². The Bertz CT molecular complexity index is 425. The quantitative estimate of drug-likeness (QED) is 0.677. The molecule has 1 saturated carbocycles. The predicted octanol–water partition coefficient (Wildman–Crippen LogP) is 2.79. The molecule has 116 valence electrons. The van der Waals surface area contributed by atoms with E-state index < -0.39 is 0 Å². The third-order valence-corrected chi connectivity index (χ3v) is 4.09. The average molecular weight is 290 g/mol. The summed E-state index contributed by atoms with van der Waals surface area (Å²) in [6, 6.07) is 7.61. The van der Waals surface area contributed by atoms with E-state index in [1.807, 2.05) is 24.3 Å². The van der Waals surface area contributed by atoms with E-state index in [0.717, 1.165) is 18.2 Å². The van der Waals surface area contributed by atoms with E-state index in [9.17, 15) is 4.79 Å². The minimum atomic E-state index is -0.0812. The number of aliphatic hydroxyl groups is 1. The van der Waals surface area contributed by atoms with Crippen LogP contribution in [0.5, 0.6) is 0 Å². The lowest BCUT2D eigenvalue weighted by Gasteiger charge is -2.22. The molecule has 1 aromatic carbocycles. The number of benzene rings is 1. The maximum Gasteiger partial charge on any atom is 0.251 e. The molecule has 0 radical (unpaired) electrons. The van der Waals surface area contributed by atoms with Crippen LogP contribution in [0.25, 0.3) is 0 Å². The first-order valence-electron chi connectivity index (χ1n) is 8.02. The molecule has 21 heavy (non-hydrogen) atoms. The molecule has 0 heterocycles. The highest BCUT2D eigenvalue weighted by molar-refractivity contribution is 5.94. The minimum absolute atomic E-state index is 0.0812. The van der Waals surface area contributed by atoms with Gasteiger partial charge >= 0.3 is 0 Å². The molecule has 0 bridgehead atoms. The summed E-state index contributed by atoms with van der Waals surface area (Å²) in [7, 11) is 0. The fourth-order valence-corrected chi connectivity index (χ4v) is 2.78. The van der Waals surface area contributed by atoms with Gasteiger partial charge in [-0.15, -0.1) is 0 Å². The highest BCUT2D eigenvalue weighted by Crippen LogP contribution is 2.24. The largest absolute Gasteiger partial charge is 0.396 e. The summed E-state index contributed by atoms with van der Waals surface area (Å²) in [6.07, 6.45) is 7.36. The van der Waals surface area contributed by atoms with E-state index in [1.54, 1.807) is 0 Å². The molecule has 1 aliphatic rings. The molecular formula is C17H26N2O2. The van der Waals surface area contributed by atoms with Crippen molar-refractivity contribution in [2.45, 2.75) is 38.5 Å². The number of aliphatic hydroxyl groups excluding tert-OH is 1. The lowest BCUT2D eigenvalue weighted by Crippen LogP contribution is -2.25. The molecule has 2 rings (SSSR count). The van der Waals surface area contributed by atoms with E-state index in [2.05, 4.69) is 10.6 Å². The van der Waals surface area contributed by atoms with Gasteiger partial charge in [-0.1, -0.05) is 19.3 Å². The molecule has 1 aromatic rings. The van der Waals surface area contributed by atoms with Gasteiger partial charge in [0.1, 0.15) is 0 Å². The molecule has 3 N–H and O–H groups in total. The van der Waals surface area contributed by atoms with Crippen LogP contribution in [0.3, 0.4) is 0 Å². The zero-order chi connectivity index (χ0) is 14.9. The molecule has 4 nitrogen and oxygen atoms in total. The molecule has 0 unspecified atom stereocenters. The zero-order valence-electron chi connectivity index (χ0n) is 12.6. The number of rotatable bonds is 7. The first-order chi connectivity index (χ1) is 10.3. The molecule has 1 amide bonds. The van der Waals surface area contributed by atoms with Crippen LogP contribution in [0.15, 0.2) is 24.3 Å². The van der Waals surface area contributed by atoms with Crippen molar-refractivity contribution in [3.05, 3.63) is 29.8 Å². The van der Waals surface area contributed by atoms with Crippen molar-refractivity contribution in [1.29, 1.82) is 0 Å². The van der Waals surface area contributed by atoms with Gasteiger partial charge in [0.15, 0.2) is 0 Å². The fourth-order valence-electron chi connectivity index (χ4n) is 2.78. The van der Waals surface area contributed by atoms with Crippen molar-refractivity contribution < 1.29 is 9.90 Å². The van der Waals surface area contributed by atoms with Gasteiger partial charge in [-0.2, -0.15) is 0 Å².